The maximum absolute atomic E-state index is 5.83. The molecule has 0 heterocycles. The first kappa shape index (κ1) is 14.4. The molecule has 2 aromatic carbocycles. The molecule has 0 saturated heterocycles. The van der Waals surface area contributed by atoms with E-state index < -0.39 is 0 Å². The van der Waals surface area contributed by atoms with E-state index in [0.29, 0.717) is 13.2 Å². The average molecular weight is 342 g/mol. The molecule has 0 atom stereocenters. The van der Waals surface area contributed by atoms with Crippen molar-refractivity contribution in [2.45, 2.75) is 13.2 Å². The highest BCUT2D eigenvalue weighted by Crippen LogP contribution is 2.23. The first-order valence-electron chi connectivity index (χ1n) is 5.83. The second kappa shape index (κ2) is 6.94. The van der Waals surface area contributed by atoms with Gasteiger partial charge in [0.2, 0.25) is 0 Å². The highest BCUT2D eigenvalue weighted by atomic mass is 79.9. The van der Waals surface area contributed by atoms with E-state index in [2.05, 4.69) is 15.9 Å². The van der Waals surface area contributed by atoms with Gasteiger partial charge in [0, 0.05) is 9.50 Å². The third kappa shape index (κ3) is 4.23. The Kier molecular flexibility index (Phi) is 5.25. The lowest BCUT2D eigenvalue weighted by Gasteiger charge is -2.08. The molecule has 0 bridgehead atoms. The van der Waals surface area contributed by atoms with E-state index in [1.54, 1.807) is 7.11 Å². The van der Waals surface area contributed by atoms with Gasteiger partial charge in [-0.2, -0.15) is 0 Å². The van der Waals surface area contributed by atoms with Crippen LogP contribution >= 0.6 is 27.5 Å². The summed E-state index contributed by atoms with van der Waals surface area (Å²) in [6.45, 7) is 1.08. The van der Waals surface area contributed by atoms with Gasteiger partial charge in [0.05, 0.1) is 20.3 Å². The summed E-state index contributed by atoms with van der Waals surface area (Å²) in [4.78, 5) is 0. The molecule has 2 rings (SSSR count). The monoisotopic (exact) mass is 340 g/mol. The van der Waals surface area contributed by atoms with Crippen LogP contribution in [-0.4, -0.2) is 7.11 Å². The third-order valence-corrected chi connectivity index (χ3v) is 3.72. The van der Waals surface area contributed by atoms with Crippen molar-refractivity contribution < 1.29 is 9.47 Å². The second-order valence-corrected chi connectivity index (χ2v) is 5.37. The molecule has 0 N–H and O–H groups in total. The lowest BCUT2D eigenvalue weighted by atomic mass is 10.2. The van der Waals surface area contributed by atoms with Crippen molar-refractivity contribution in [1.29, 1.82) is 0 Å². The van der Waals surface area contributed by atoms with Crippen molar-refractivity contribution in [3.05, 3.63) is 63.1 Å². The van der Waals surface area contributed by atoms with Crippen LogP contribution in [0.3, 0.4) is 0 Å². The summed E-state index contributed by atoms with van der Waals surface area (Å²) in [6.07, 6.45) is 0. The summed E-state index contributed by atoms with van der Waals surface area (Å²) in [5.74, 6) is 0.827. The van der Waals surface area contributed by atoms with Crippen LogP contribution < -0.4 is 4.74 Å². The molecule has 0 aliphatic heterocycles. The minimum atomic E-state index is 0.528. The molecule has 100 valence electrons. The van der Waals surface area contributed by atoms with Crippen LogP contribution in [0.25, 0.3) is 0 Å². The molecule has 0 radical (unpaired) electrons. The van der Waals surface area contributed by atoms with Crippen LogP contribution in [0.1, 0.15) is 11.1 Å². The van der Waals surface area contributed by atoms with Gasteiger partial charge in [-0.25, -0.2) is 0 Å². The first-order valence-corrected chi connectivity index (χ1v) is 7.01. The van der Waals surface area contributed by atoms with E-state index in [9.17, 15) is 0 Å². The fourth-order valence-corrected chi connectivity index (χ4v) is 2.14. The maximum atomic E-state index is 5.83. The molecule has 2 nitrogen and oxygen atoms in total. The van der Waals surface area contributed by atoms with Crippen LogP contribution in [-0.2, 0) is 18.0 Å². The summed E-state index contributed by atoms with van der Waals surface area (Å²) >= 11 is 9.34. The molecular weight excluding hydrogens is 328 g/mol. The predicted molar refractivity (Wildman–Crippen MR) is 80.6 cm³/mol. The van der Waals surface area contributed by atoms with Crippen LogP contribution in [0.15, 0.2) is 46.9 Å². The smallest absolute Gasteiger partial charge is 0.119 e. The van der Waals surface area contributed by atoms with E-state index in [1.807, 2.05) is 42.5 Å². The Balaban J connectivity index is 1.93. The summed E-state index contributed by atoms with van der Waals surface area (Å²) in [5.41, 5.74) is 2.16. The second-order valence-electron chi connectivity index (χ2n) is 4.08. The summed E-state index contributed by atoms with van der Waals surface area (Å²) < 4.78 is 11.9. The van der Waals surface area contributed by atoms with E-state index in [4.69, 9.17) is 21.1 Å². The molecule has 0 fully saturated rings. The van der Waals surface area contributed by atoms with Crippen molar-refractivity contribution in [3.8, 4) is 5.75 Å². The van der Waals surface area contributed by atoms with Gasteiger partial charge < -0.3 is 9.47 Å². The van der Waals surface area contributed by atoms with Gasteiger partial charge in [-0.05, 0) is 41.5 Å². The van der Waals surface area contributed by atoms with Crippen LogP contribution in [0.2, 0.25) is 5.02 Å². The zero-order chi connectivity index (χ0) is 13.7. The van der Waals surface area contributed by atoms with Gasteiger partial charge in [-0.3, -0.25) is 0 Å². The molecule has 2 aromatic rings. The Bertz CT molecular complexity index is 540. The number of ether oxygens (including phenoxy) is 2. The van der Waals surface area contributed by atoms with Crippen molar-refractivity contribution in [2.75, 3.05) is 7.11 Å². The standard InChI is InChI=1S/C15H14BrClO2/c1-18-14-6-7-15(16)12(8-14)10-19-9-11-2-4-13(17)5-3-11/h2-8H,9-10H2,1H3. The quantitative estimate of drug-likeness (QED) is 0.775. The summed E-state index contributed by atoms with van der Waals surface area (Å²) in [6, 6.07) is 13.5. The zero-order valence-electron chi connectivity index (χ0n) is 10.5. The minimum Gasteiger partial charge on any atom is -0.497 e. The molecule has 0 aliphatic carbocycles. The van der Waals surface area contributed by atoms with E-state index >= 15 is 0 Å². The van der Waals surface area contributed by atoms with Gasteiger partial charge in [0.1, 0.15) is 5.75 Å². The minimum absolute atomic E-state index is 0.528. The summed E-state index contributed by atoms with van der Waals surface area (Å²) in [5, 5.41) is 0.735. The van der Waals surface area contributed by atoms with Crippen molar-refractivity contribution in [1.82, 2.24) is 0 Å². The Morgan fingerprint density at radius 2 is 1.79 bits per heavy atom. The predicted octanol–water partition coefficient (Wildman–Crippen LogP) is 4.83. The number of rotatable bonds is 5. The molecule has 19 heavy (non-hydrogen) atoms. The Morgan fingerprint density at radius 3 is 2.47 bits per heavy atom. The zero-order valence-corrected chi connectivity index (χ0v) is 12.9. The molecule has 0 unspecified atom stereocenters. The lowest BCUT2D eigenvalue weighted by molar-refractivity contribution is 0.106. The van der Waals surface area contributed by atoms with Crippen LogP contribution in [0, 0.1) is 0 Å². The van der Waals surface area contributed by atoms with Crippen molar-refractivity contribution >= 4 is 27.5 Å². The lowest BCUT2D eigenvalue weighted by Crippen LogP contribution is -1.96. The highest BCUT2D eigenvalue weighted by molar-refractivity contribution is 9.10. The van der Waals surface area contributed by atoms with Gasteiger partial charge in [-0.1, -0.05) is 39.7 Å². The Hall–Kier alpha value is -1.03. The van der Waals surface area contributed by atoms with Gasteiger partial charge in [0.25, 0.3) is 0 Å². The molecule has 0 amide bonds. The molecule has 4 heteroatoms. The van der Waals surface area contributed by atoms with Crippen LogP contribution in [0.5, 0.6) is 5.75 Å². The molecular formula is C15H14BrClO2. The first-order chi connectivity index (χ1) is 9.19. The fraction of sp³-hybridized carbons (Fsp3) is 0.200. The largest absolute Gasteiger partial charge is 0.497 e. The number of benzene rings is 2. The van der Waals surface area contributed by atoms with Gasteiger partial charge >= 0.3 is 0 Å². The number of hydrogen-bond donors (Lipinski definition) is 0. The van der Waals surface area contributed by atoms with E-state index in [1.165, 1.54) is 0 Å². The van der Waals surface area contributed by atoms with E-state index in [-0.39, 0.29) is 0 Å². The normalized spacial score (nSPS) is 10.5. The molecule has 0 aromatic heterocycles. The van der Waals surface area contributed by atoms with Gasteiger partial charge in [-0.15, -0.1) is 0 Å². The Morgan fingerprint density at radius 1 is 1.05 bits per heavy atom. The number of methoxy groups -OCH3 is 1. The number of hydrogen-bond acceptors (Lipinski definition) is 2. The summed E-state index contributed by atoms with van der Waals surface area (Å²) in [7, 11) is 1.65. The maximum Gasteiger partial charge on any atom is 0.119 e. The average Bonchev–Trinajstić information content (AvgIpc) is 2.43. The molecule has 0 aliphatic rings. The van der Waals surface area contributed by atoms with Crippen molar-refractivity contribution in [2.24, 2.45) is 0 Å². The highest BCUT2D eigenvalue weighted by Gasteiger charge is 2.03. The van der Waals surface area contributed by atoms with Crippen molar-refractivity contribution in [3.63, 3.8) is 0 Å². The van der Waals surface area contributed by atoms with Crippen LogP contribution in [0.4, 0.5) is 0 Å². The molecule has 0 saturated carbocycles. The third-order valence-electron chi connectivity index (χ3n) is 2.69. The number of halogens is 2. The Labute approximate surface area is 126 Å². The SMILES string of the molecule is COc1ccc(Br)c(COCc2ccc(Cl)cc2)c1. The molecule has 0 spiro atoms. The van der Waals surface area contributed by atoms with E-state index in [0.717, 1.165) is 26.4 Å². The fourth-order valence-electron chi connectivity index (χ4n) is 1.65. The topological polar surface area (TPSA) is 18.5 Å². The van der Waals surface area contributed by atoms with Gasteiger partial charge in [0.15, 0.2) is 0 Å².